The van der Waals surface area contributed by atoms with Crippen LogP contribution in [0.1, 0.15) is 53.7 Å². The molecule has 0 atom stereocenters. The summed E-state index contributed by atoms with van der Waals surface area (Å²) in [7, 11) is 0. The van der Waals surface area contributed by atoms with Crippen LogP contribution in [-0.4, -0.2) is 17.6 Å². The molecule has 6 nitrogen and oxygen atoms in total. The van der Waals surface area contributed by atoms with Gasteiger partial charge in [-0.3, -0.25) is 4.98 Å². The summed E-state index contributed by atoms with van der Waals surface area (Å²) in [6.45, 7) is 9.19. The summed E-state index contributed by atoms with van der Waals surface area (Å²) in [5.41, 5.74) is 13.5. The predicted molar refractivity (Wildman–Crippen MR) is 152 cm³/mol. The van der Waals surface area contributed by atoms with Crippen molar-refractivity contribution in [2.24, 2.45) is 11.7 Å². The third kappa shape index (κ3) is 7.04. The second-order valence-electron chi connectivity index (χ2n) is 9.09. The lowest BCUT2D eigenvalue weighted by molar-refractivity contribution is 0.0490. The molecular formula is C29H34Cl2N2O4. The van der Waals surface area contributed by atoms with Crippen LogP contribution in [0.2, 0.25) is 0 Å². The average Bonchev–Trinajstić information content (AvgIpc) is 3.32. The molecule has 0 bridgehead atoms. The minimum atomic E-state index is -0.482. The van der Waals surface area contributed by atoms with Gasteiger partial charge < -0.3 is 19.6 Å². The summed E-state index contributed by atoms with van der Waals surface area (Å²) < 4.78 is 16.4. The molecule has 0 fully saturated rings. The zero-order valence-electron chi connectivity index (χ0n) is 21.6. The number of rotatable bonds is 9. The number of carbonyl (C=O) groups is 1. The smallest absolute Gasteiger partial charge is 0.374 e. The molecule has 0 saturated carbocycles. The standard InChI is InChI=1S/C29H32N2O4.2ClH/c1-5-33-29(32)27-13-20(17-35-27)16-34-22-10-11-25-23(14-22)28(21-8-6-19(4)7-9-21)24(15-30)26(31-25)12-18(2)3;;/h6-11,13-14,17-18H,5,12,15-16,30H2,1-4H3;2*1H. The van der Waals surface area contributed by atoms with E-state index in [4.69, 9.17) is 24.6 Å². The van der Waals surface area contributed by atoms with E-state index in [-0.39, 0.29) is 37.2 Å². The van der Waals surface area contributed by atoms with E-state index in [1.807, 2.05) is 18.2 Å². The number of fused-ring (bicyclic) bond motifs is 1. The van der Waals surface area contributed by atoms with Crippen molar-refractivity contribution in [3.63, 3.8) is 0 Å². The van der Waals surface area contributed by atoms with Crippen LogP contribution in [0.4, 0.5) is 0 Å². The van der Waals surface area contributed by atoms with Gasteiger partial charge in [0.05, 0.1) is 18.4 Å². The maximum Gasteiger partial charge on any atom is 0.374 e. The summed E-state index contributed by atoms with van der Waals surface area (Å²) in [5, 5.41) is 0.999. The summed E-state index contributed by atoms with van der Waals surface area (Å²) in [6, 6.07) is 16.1. The van der Waals surface area contributed by atoms with E-state index >= 15 is 0 Å². The van der Waals surface area contributed by atoms with Crippen molar-refractivity contribution in [2.45, 2.75) is 47.3 Å². The molecule has 0 amide bonds. The molecule has 0 spiro atoms. The first-order chi connectivity index (χ1) is 16.9. The maximum absolute atomic E-state index is 11.9. The van der Waals surface area contributed by atoms with E-state index in [1.165, 1.54) is 11.8 Å². The Bertz CT molecular complexity index is 1330. The molecule has 2 heterocycles. The third-order valence-corrected chi connectivity index (χ3v) is 5.82. The molecule has 198 valence electrons. The Morgan fingerprint density at radius 1 is 1.08 bits per heavy atom. The van der Waals surface area contributed by atoms with Gasteiger partial charge in [-0.25, -0.2) is 4.79 Å². The summed E-state index contributed by atoms with van der Waals surface area (Å²) in [5.74, 6) is 0.851. The Morgan fingerprint density at radius 2 is 1.81 bits per heavy atom. The SMILES string of the molecule is CCOC(=O)c1cc(COc2ccc3nc(CC(C)C)c(CN)c(-c4ccc(C)cc4)c3c2)co1.Cl.Cl. The van der Waals surface area contributed by atoms with E-state index in [2.05, 4.69) is 45.0 Å². The Morgan fingerprint density at radius 3 is 2.46 bits per heavy atom. The van der Waals surface area contributed by atoms with Gasteiger partial charge in [0.1, 0.15) is 12.4 Å². The third-order valence-electron chi connectivity index (χ3n) is 5.82. The molecule has 37 heavy (non-hydrogen) atoms. The average molecular weight is 546 g/mol. The van der Waals surface area contributed by atoms with Gasteiger partial charge in [0.25, 0.3) is 0 Å². The number of benzene rings is 2. The molecule has 0 aliphatic rings. The summed E-state index contributed by atoms with van der Waals surface area (Å²) in [6.07, 6.45) is 2.38. The van der Waals surface area contributed by atoms with Crippen LogP contribution in [-0.2, 0) is 24.3 Å². The van der Waals surface area contributed by atoms with E-state index in [0.29, 0.717) is 24.8 Å². The van der Waals surface area contributed by atoms with E-state index in [9.17, 15) is 4.79 Å². The van der Waals surface area contributed by atoms with Crippen LogP contribution in [0.3, 0.4) is 0 Å². The van der Waals surface area contributed by atoms with Gasteiger partial charge in [-0.05, 0) is 67.1 Å². The fourth-order valence-electron chi connectivity index (χ4n) is 4.17. The normalized spacial score (nSPS) is 10.6. The fourth-order valence-corrected chi connectivity index (χ4v) is 4.17. The lowest BCUT2D eigenvalue weighted by Crippen LogP contribution is -2.10. The molecule has 0 aliphatic heterocycles. The van der Waals surface area contributed by atoms with E-state index in [1.54, 1.807) is 13.0 Å². The molecule has 0 saturated heterocycles. The number of pyridine rings is 1. The molecule has 0 radical (unpaired) electrons. The van der Waals surface area contributed by atoms with Crippen molar-refractivity contribution in [2.75, 3.05) is 6.61 Å². The first-order valence-corrected chi connectivity index (χ1v) is 12.0. The lowest BCUT2D eigenvalue weighted by Gasteiger charge is -2.18. The van der Waals surface area contributed by atoms with Crippen molar-refractivity contribution < 1.29 is 18.7 Å². The number of carbonyl (C=O) groups excluding carboxylic acids is 1. The predicted octanol–water partition coefficient (Wildman–Crippen LogP) is 7.06. The van der Waals surface area contributed by atoms with Gasteiger partial charge in [0.2, 0.25) is 5.76 Å². The molecule has 2 aromatic carbocycles. The molecule has 0 unspecified atom stereocenters. The number of esters is 1. The maximum atomic E-state index is 11.9. The second-order valence-corrected chi connectivity index (χ2v) is 9.09. The first-order valence-electron chi connectivity index (χ1n) is 12.0. The van der Waals surface area contributed by atoms with Gasteiger partial charge in [-0.2, -0.15) is 0 Å². The topological polar surface area (TPSA) is 87.6 Å². The van der Waals surface area contributed by atoms with Crippen LogP contribution in [0.5, 0.6) is 5.75 Å². The van der Waals surface area contributed by atoms with Crippen LogP contribution in [0, 0.1) is 12.8 Å². The quantitative estimate of drug-likeness (QED) is 0.227. The van der Waals surface area contributed by atoms with E-state index in [0.717, 1.165) is 45.3 Å². The Balaban J connectivity index is 0.00000241. The number of aromatic nitrogens is 1. The highest BCUT2D eigenvalue weighted by molar-refractivity contribution is 5.97. The van der Waals surface area contributed by atoms with Gasteiger partial charge in [0.15, 0.2) is 0 Å². The van der Waals surface area contributed by atoms with Crippen LogP contribution in [0.15, 0.2) is 59.2 Å². The van der Waals surface area contributed by atoms with Gasteiger partial charge in [-0.15, -0.1) is 24.8 Å². The van der Waals surface area contributed by atoms with Gasteiger partial charge in [-0.1, -0.05) is 43.7 Å². The zero-order valence-corrected chi connectivity index (χ0v) is 23.2. The minimum absolute atomic E-state index is 0. The summed E-state index contributed by atoms with van der Waals surface area (Å²) in [4.78, 5) is 16.8. The monoisotopic (exact) mass is 544 g/mol. The number of hydrogen-bond donors (Lipinski definition) is 1. The second kappa shape index (κ2) is 13.5. The first kappa shape index (κ1) is 30.2. The summed E-state index contributed by atoms with van der Waals surface area (Å²) >= 11 is 0. The van der Waals surface area contributed by atoms with Gasteiger partial charge >= 0.3 is 5.97 Å². The number of nitrogens with two attached hydrogens (primary N) is 1. The highest BCUT2D eigenvalue weighted by Gasteiger charge is 2.18. The lowest BCUT2D eigenvalue weighted by atomic mass is 9.91. The molecule has 8 heteroatoms. The fraction of sp³-hybridized carbons (Fsp3) is 0.310. The zero-order chi connectivity index (χ0) is 24.9. The van der Waals surface area contributed by atoms with Gasteiger partial charge in [0, 0.05) is 23.2 Å². The van der Waals surface area contributed by atoms with Crippen molar-refractivity contribution in [3.8, 4) is 16.9 Å². The van der Waals surface area contributed by atoms with Crippen LogP contribution in [0.25, 0.3) is 22.0 Å². The number of ether oxygens (including phenoxy) is 2. The van der Waals surface area contributed by atoms with Crippen LogP contribution < -0.4 is 10.5 Å². The molecular weight excluding hydrogens is 511 g/mol. The highest BCUT2D eigenvalue weighted by Crippen LogP contribution is 2.36. The minimum Gasteiger partial charge on any atom is -0.489 e. The Labute approximate surface area is 230 Å². The molecule has 4 aromatic rings. The number of halogens is 2. The van der Waals surface area contributed by atoms with Crippen molar-refractivity contribution in [1.29, 1.82) is 0 Å². The van der Waals surface area contributed by atoms with Crippen molar-refractivity contribution in [1.82, 2.24) is 4.98 Å². The van der Waals surface area contributed by atoms with Crippen molar-refractivity contribution >= 4 is 41.7 Å². The van der Waals surface area contributed by atoms with E-state index < -0.39 is 5.97 Å². The molecule has 0 aliphatic carbocycles. The molecule has 2 N–H and O–H groups in total. The Kier molecular flexibility index (Phi) is 11.0. The largest absolute Gasteiger partial charge is 0.489 e. The number of nitrogens with zero attached hydrogens (tertiary/aromatic N) is 1. The number of furan rings is 1. The number of aryl methyl sites for hydroxylation is 1. The van der Waals surface area contributed by atoms with Crippen LogP contribution >= 0.6 is 24.8 Å². The molecule has 4 rings (SSSR count). The number of hydrogen-bond acceptors (Lipinski definition) is 6. The van der Waals surface area contributed by atoms with Crippen molar-refractivity contribution in [3.05, 3.63) is 82.9 Å². The Hall–Kier alpha value is -3.06. The molecule has 2 aromatic heterocycles. The highest BCUT2D eigenvalue weighted by atomic mass is 35.5.